The van der Waals surface area contributed by atoms with Crippen LogP contribution >= 0.6 is 0 Å². The lowest BCUT2D eigenvalue weighted by Crippen LogP contribution is -2.25. The fraction of sp³-hybridized carbons (Fsp3) is 0. The van der Waals surface area contributed by atoms with Crippen LogP contribution in [0.3, 0.4) is 0 Å². The summed E-state index contributed by atoms with van der Waals surface area (Å²) in [5, 5.41) is 0.615. The van der Waals surface area contributed by atoms with Gasteiger partial charge in [-0.25, -0.2) is 19.8 Å². The highest BCUT2D eigenvalue weighted by molar-refractivity contribution is 5.67. The van der Waals surface area contributed by atoms with Crippen LogP contribution < -0.4 is 16.0 Å². The van der Waals surface area contributed by atoms with Crippen LogP contribution in [0.1, 0.15) is 0 Å². The number of imidazole rings is 1. The van der Waals surface area contributed by atoms with Crippen molar-refractivity contribution >= 4 is 17.8 Å². The average Bonchev–Trinajstić information content (AvgIpc) is 2.66. The van der Waals surface area contributed by atoms with Crippen molar-refractivity contribution in [1.82, 2.24) is 9.38 Å². The van der Waals surface area contributed by atoms with Gasteiger partial charge in [0.2, 0.25) is 0 Å². The molecule has 0 atom stereocenters. The van der Waals surface area contributed by atoms with Crippen molar-refractivity contribution in [3.8, 4) is 0 Å². The number of aliphatic imine (C=N–C) groups is 1. The molecule has 13 heavy (non-hydrogen) atoms. The van der Waals surface area contributed by atoms with Gasteiger partial charge >= 0.3 is 11.3 Å². The van der Waals surface area contributed by atoms with Crippen molar-refractivity contribution in [2.75, 3.05) is 0 Å². The first kappa shape index (κ1) is 6.41. The van der Waals surface area contributed by atoms with Crippen LogP contribution in [0, 0.1) is 0 Å². The first-order valence-corrected chi connectivity index (χ1v) is 3.69. The fourth-order valence-corrected chi connectivity index (χ4v) is 1.33. The van der Waals surface area contributed by atoms with E-state index in [1.807, 2.05) is 0 Å². The van der Waals surface area contributed by atoms with Gasteiger partial charge in [0.25, 0.3) is 0 Å². The first-order valence-electron chi connectivity index (χ1n) is 3.69. The molecular formula is C7H4N5O+. The molecule has 0 unspecified atom stereocenters. The number of hydrogen-bond acceptors (Lipinski definition) is 4. The summed E-state index contributed by atoms with van der Waals surface area (Å²) in [6.45, 7) is 0. The molecule has 0 amide bonds. The van der Waals surface area contributed by atoms with E-state index in [0.717, 1.165) is 0 Å². The van der Waals surface area contributed by atoms with Crippen LogP contribution in [-0.2, 0) is 0 Å². The van der Waals surface area contributed by atoms with Crippen LogP contribution in [0.2, 0.25) is 0 Å². The Labute approximate surface area is 71.3 Å². The van der Waals surface area contributed by atoms with E-state index >= 15 is 0 Å². The van der Waals surface area contributed by atoms with Crippen molar-refractivity contribution in [1.29, 1.82) is 0 Å². The summed E-state index contributed by atoms with van der Waals surface area (Å²) in [4.78, 5) is 25.8. The van der Waals surface area contributed by atoms with Gasteiger partial charge in [0.15, 0.2) is 11.2 Å². The molecule has 0 aromatic carbocycles. The van der Waals surface area contributed by atoms with Crippen LogP contribution in [0.25, 0.3) is 5.65 Å². The van der Waals surface area contributed by atoms with E-state index in [9.17, 15) is 4.79 Å². The topological polar surface area (TPSA) is 73.2 Å². The first-order chi connectivity index (χ1) is 6.36. The lowest BCUT2D eigenvalue weighted by molar-refractivity contribution is -0.344. The van der Waals surface area contributed by atoms with Crippen LogP contribution in [0.4, 0.5) is 5.82 Å². The van der Waals surface area contributed by atoms with Gasteiger partial charge in [-0.1, -0.05) is 0 Å². The van der Waals surface area contributed by atoms with Crippen molar-refractivity contribution in [3.05, 3.63) is 28.2 Å². The molecule has 0 aliphatic carbocycles. The summed E-state index contributed by atoms with van der Waals surface area (Å²) in [7, 11) is 0. The molecular weight excluding hydrogens is 170 g/mol. The molecule has 0 fully saturated rings. The molecule has 6 nitrogen and oxygen atoms in total. The summed E-state index contributed by atoms with van der Waals surface area (Å²) in [5.74, 6) is 0.382. The molecule has 3 rings (SSSR count). The highest BCUT2D eigenvalue weighted by Gasteiger charge is 2.16. The molecule has 0 radical (unpaired) electrons. The molecule has 0 saturated heterocycles. The van der Waals surface area contributed by atoms with Gasteiger partial charge in [0, 0.05) is 0 Å². The third kappa shape index (κ3) is 0.689. The van der Waals surface area contributed by atoms with Crippen molar-refractivity contribution < 1.29 is 4.98 Å². The van der Waals surface area contributed by atoms with Gasteiger partial charge in [-0.3, -0.25) is 0 Å². The third-order valence-electron chi connectivity index (χ3n) is 1.90. The number of aromatic nitrogens is 3. The minimum atomic E-state index is -0.343. The number of aromatic amines is 1. The zero-order valence-electron chi connectivity index (χ0n) is 6.43. The SMILES string of the molecule is O=c1nc2c(c3[nH+]ccn13)=NC=N2. The molecule has 0 spiro atoms. The molecule has 2 aromatic rings. The van der Waals surface area contributed by atoms with Gasteiger partial charge in [-0.2, -0.15) is 0 Å². The number of H-pyrrole nitrogens is 1. The van der Waals surface area contributed by atoms with E-state index < -0.39 is 0 Å². The standard InChI is InChI=1S/C7H3N5O/c13-7-11-5-4(9-3-10-5)6-8-1-2-12(6)7/h1-3H/p+1. The summed E-state index contributed by atoms with van der Waals surface area (Å²) in [5.41, 5.74) is 0.289. The second kappa shape index (κ2) is 1.98. The molecule has 1 aliphatic heterocycles. The Morgan fingerprint density at radius 1 is 1.46 bits per heavy atom. The maximum absolute atomic E-state index is 11.3. The predicted octanol–water partition coefficient (Wildman–Crippen LogP) is -1.48. The van der Waals surface area contributed by atoms with Crippen molar-refractivity contribution in [2.24, 2.45) is 9.98 Å². The lowest BCUT2D eigenvalue weighted by Gasteiger charge is -1.84. The smallest absolute Gasteiger partial charge is 0.241 e. The number of nitrogens with one attached hydrogen (secondary N) is 1. The highest BCUT2D eigenvalue weighted by Crippen LogP contribution is 2.00. The molecule has 2 aromatic heterocycles. The van der Waals surface area contributed by atoms with Crippen molar-refractivity contribution in [2.45, 2.75) is 0 Å². The Bertz CT molecular complexity index is 626. The Kier molecular flexibility index (Phi) is 0.974. The van der Waals surface area contributed by atoms with E-state index in [2.05, 4.69) is 20.0 Å². The lowest BCUT2D eigenvalue weighted by atomic mass is 10.5. The van der Waals surface area contributed by atoms with E-state index in [4.69, 9.17) is 0 Å². The van der Waals surface area contributed by atoms with E-state index in [1.165, 1.54) is 10.7 Å². The van der Waals surface area contributed by atoms with E-state index in [0.29, 0.717) is 16.8 Å². The summed E-state index contributed by atoms with van der Waals surface area (Å²) in [6.07, 6.45) is 4.66. The minimum absolute atomic E-state index is 0.343. The quantitative estimate of drug-likeness (QED) is 0.488. The van der Waals surface area contributed by atoms with Crippen LogP contribution in [0.5, 0.6) is 0 Å². The number of nitrogens with zero attached hydrogens (tertiary/aromatic N) is 4. The summed E-state index contributed by atoms with van der Waals surface area (Å²) >= 11 is 0. The fourth-order valence-electron chi connectivity index (χ4n) is 1.33. The van der Waals surface area contributed by atoms with E-state index in [1.54, 1.807) is 12.4 Å². The Hall–Kier alpha value is -2.11. The predicted molar refractivity (Wildman–Crippen MR) is 42.9 cm³/mol. The molecule has 62 valence electrons. The second-order valence-corrected chi connectivity index (χ2v) is 2.62. The molecule has 1 N–H and O–H groups in total. The average molecular weight is 174 g/mol. The Morgan fingerprint density at radius 3 is 3.31 bits per heavy atom. The van der Waals surface area contributed by atoms with Gasteiger partial charge in [-0.15, -0.1) is 9.38 Å². The molecule has 0 saturated carbocycles. The summed E-state index contributed by atoms with van der Waals surface area (Å²) < 4.78 is 1.40. The maximum Gasteiger partial charge on any atom is 0.441 e. The van der Waals surface area contributed by atoms with Crippen molar-refractivity contribution in [3.63, 3.8) is 0 Å². The molecule has 3 heterocycles. The minimum Gasteiger partial charge on any atom is -0.241 e. The highest BCUT2D eigenvalue weighted by atomic mass is 16.1. The normalized spacial score (nSPS) is 13.2. The van der Waals surface area contributed by atoms with E-state index in [-0.39, 0.29) is 5.69 Å². The Morgan fingerprint density at radius 2 is 2.38 bits per heavy atom. The maximum atomic E-state index is 11.3. The van der Waals surface area contributed by atoms with Gasteiger partial charge in [0.05, 0.1) is 0 Å². The number of rotatable bonds is 0. The zero-order chi connectivity index (χ0) is 8.84. The Balaban J connectivity index is 2.73. The number of fused-ring (bicyclic) bond motifs is 3. The molecule has 6 heteroatoms. The van der Waals surface area contributed by atoms with Crippen LogP contribution in [0.15, 0.2) is 27.2 Å². The molecule has 0 bridgehead atoms. The number of hydrogen-bond donors (Lipinski definition) is 0. The largest absolute Gasteiger partial charge is 0.441 e. The summed E-state index contributed by atoms with van der Waals surface area (Å²) in [6, 6.07) is 0. The van der Waals surface area contributed by atoms with Crippen LogP contribution in [-0.4, -0.2) is 15.7 Å². The third-order valence-corrected chi connectivity index (χ3v) is 1.90. The zero-order valence-corrected chi connectivity index (χ0v) is 6.43. The van der Waals surface area contributed by atoms with Gasteiger partial charge in [0.1, 0.15) is 18.7 Å². The van der Waals surface area contributed by atoms with Gasteiger partial charge in [-0.05, 0) is 0 Å². The van der Waals surface area contributed by atoms with Gasteiger partial charge < -0.3 is 0 Å². The molecule has 1 aliphatic rings. The monoisotopic (exact) mass is 174 g/mol. The second-order valence-electron chi connectivity index (χ2n) is 2.62.